The van der Waals surface area contributed by atoms with Crippen molar-refractivity contribution in [2.45, 2.75) is 32.2 Å². The minimum Gasteiger partial charge on any atom is -0.334 e. The summed E-state index contributed by atoms with van der Waals surface area (Å²) in [5.74, 6) is 0.636. The van der Waals surface area contributed by atoms with Gasteiger partial charge in [0.25, 0.3) is 0 Å². The number of nitrogens with zero attached hydrogens (tertiary/aromatic N) is 3. The van der Waals surface area contributed by atoms with Gasteiger partial charge in [0.05, 0.1) is 0 Å². The average Bonchev–Trinajstić information content (AvgIpc) is 3.04. The van der Waals surface area contributed by atoms with Crippen molar-refractivity contribution in [1.82, 2.24) is 19.6 Å². The normalized spacial score (nSPS) is 16.5. The predicted molar refractivity (Wildman–Crippen MR) is 97.3 cm³/mol. The lowest BCUT2D eigenvalue weighted by Gasteiger charge is -2.29. The van der Waals surface area contributed by atoms with E-state index in [1.165, 1.54) is 30.8 Å². The number of aromatic nitrogens is 2. The lowest BCUT2D eigenvalue weighted by molar-refractivity contribution is 0.206. The minimum atomic E-state index is -0.227. The van der Waals surface area contributed by atoms with E-state index in [2.05, 4.69) is 24.9 Å². The predicted octanol–water partition coefficient (Wildman–Crippen LogP) is 3.20. The fraction of sp³-hybridized carbons (Fsp3) is 0.471. The van der Waals surface area contributed by atoms with Crippen LogP contribution in [0.2, 0.25) is 0 Å². The van der Waals surface area contributed by atoms with Crippen LogP contribution in [0.1, 0.15) is 26.2 Å². The molecule has 1 aliphatic heterocycles. The Morgan fingerprint density at radius 2 is 2.00 bits per heavy atom. The zero-order chi connectivity index (χ0) is 16.8. The van der Waals surface area contributed by atoms with Crippen LogP contribution >= 0.6 is 11.5 Å². The van der Waals surface area contributed by atoms with E-state index in [1.807, 2.05) is 37.3 Å². The smallest absolute Gasteiger partial charge is 0.321 e. The standard InChI is InChI=1S/C17H23N5OS/c1-13(12-22-10-6-3-7-11-22)18-16(23)20-17-19-15(21-24-17)14-8-4-2-5-9-14/h2,4-5,8-9,13H,3,6-7,10-12H2,1H3,(H2,18,19,20,21,23)/t13-/m0/s1. The van der Waals surface area contributed by atoms with Crippen LogP contribution in [0.3, 0.4) is 0 Å². The molecule has 0 saturated carbocycles. The van der Waals surface area contributed by atoms with Gasteiger partial charge >= 0.3 is 6.03 Å². The molecule has 0 aliphatic carbocycles. The maximum Gasteiger partial charge on any atom is 0.321 e. The number of carbonyl (C=O) groups excluding carboxylic acids is 1. The molecule has 2 amide bonds. The van der Waals surface area contributed by atoms with Gasteiger partial charge in [0.15, 0.2) is 5.82 Å². The highest BCUT2D eigenvalue weighted by Crippen LogP contribution is 2.20. The highest BCUT2D eigenvalue weighted by molar-refractivity contribution is 7.10. The van der Waals surface area contributed by atoms with Crippen molar-refractivity contribution in [3.63, 3.8) is 0 Å². The first-order valence-electron chi connectivity index (χ1n) is 8.40. The molecule has 3 rings (SSSR count). The van der Waals surface area contributed by atoms with Crippen molar-refractivity contribution >= 4 is 22.7 Å². The molecule has 1 atom stereocenters. The van der Waals surface area contributed by atoms with Crippen LogP contribution in [0, 0.1) is 0 Å². The molecular weight excluding hydrogens is 322 g/mol. The molecule has 2 aromatic rings. The summed E-state index contributed by atoms with van der Waals surface area (Å²) in [5.41, 5.74) is 0.945. The largest absolute Gasteiger partial charge is 0.334 e. The molecule has 0 unspecified atom stereocenters. The molecule has 24 heavy (non-hydrogen) atoms. The zero-order valence-electron chi connectivity index (χ0n) is 13.9. The van der Waals surface area contributed by atoms with Crippen LogP contribution in [0.25, 0.3) is 11.4 Å². The SMILES string of the molecule is C[C@@H](CN1CCCCC1)NC(=O)Nc1nc(-c2ccccc2)ns1. The number of urea groups is 1. The second-order valence-corrected chi connectivity index (χ2v) is 6.90. The fourth-order valence-corrected chi connectivity index (χ4v) is 3.50. The van der Waals surface area contributed by atoms with Gasteiger partial charge < -0.3 is 10.2 Å². The van der Waals surface area contributed by atoms with Gasteiger partial charge in [-0.15, -0.1) is 0 Å². The van der Waals surface area contributed by atoms with Crippen molar-refractivity contribution in [3.8, 4) is 11.4 Å². The van der Waals surface area contributed by atoms with E-state index < -0.39 is 0 Å². The van der Waals surface area contributed by atoms with E-state index in [0.29, 0.717) is 11.0 Å². The lowest BCUT2D eigenvalue weighted by Crippen LogP contribution is -2.45. The molecule has 0 radical (unpaired) electrons. The Morgan fingerprint density at radius 3 is 2.75 bits per heavy atom. The summed E-state index contributed by atoms with van der Waals surface area (Å²) in [7, 11) is 0. The Bertz CT molecular complexity index is 654. The highest BCUT2D eigenvalue weighted by atomic mass is 32.1. The van der Waals surface area contributed by atoms with Crippen LogP contribution in [0.4, 0.5) is 9.93 Å². The summed E-state index contributed by atoms with van der Waals surface area (Å²) in [5, 5.41) is 6.26. The molecule has 1 aliphatic rings. The third kappa shape index (κ3) is 4.75. The van der Waals surface area contributed by atoms with E-state index in [4.69, 9.17) is 0 Å². The van der Waals surface area contributed by atoms with Gasteiger partial charge in [0.2, 0.25) is 5.13 Å². The Balaban J connectivity index is 1.49. The Kier molecular flexibility index (Phi) is 5.77. The number of hydrogen-bond donors (Lipinski definition) is 2. The first-order valence-corrected chi connectivity index (χ1v) is 9.17. The lowest BCUT2D eigenvalue weighted by atomic mass is 10.1. The van der Waals surface area contributed by atoms with E-state index >= 15 is 0 Å². The molecule has 1 aromatic heterocycles. The number of rotatable bonds is 5. The molecule has 1 saturated heterocycles. The Labute approximate surface area is 146 Å². The van der Waals surface area contributed by atoms with Gasteiger partial charge in [-0.25, -0.2) is 4.79 Å². The van der Waals surface area contributed by atoms with Crippen LogP contribution in [0.5, 0.6) is 0 Å². The van der Waals surface area contributed by atoms with Crippen molar-refractivity contribution in [2.75, 3.05) is 25.0 Å². The number of piperidine rings is 1. The van der Waals surface area contributed by atoms with Gasteiger partial charge in [0.1, 0.15) is 0 Å². The van der Waals surface area contributed by atoms with E-state index in [1.54, 1.807) is 0 Å². The molecular formula is C17H23N5OS. The van der Waals surface area contributed by atoms with Gasteiger partial charge in [-0.2, -0.15) is 9.36 Å². The van der Waals surface area contributed by atoms with Gasteiger partial charge in [-0.1, -0.05) is 36.8 Å². The number of carbonyl (C=O) groups is 1. The van der Waals surface area contributed by atoms with Gasteiger partial charge in [-0.05, 0) is 32.9 Å². The topological polar surface area (TPSA) is 70.2 Å². The summed E-state index contributed by atoms with van der Waals surface area (Å²) in [6, 6.07) is 9.61. The van der Waals surface area contributed by atoms with Crippen molar-refractivity contribution in [2.24, 2.45) is 0 Å². The number of likely N-dealkylation sites (tertiary alicyclic amines) is 1. The number of nitrogens with one attached hydrogen (secondary N) is 2. The van der Waals surface area contributed by atoms with Crippen LogP contribution in [-0.2, 0) is 0 Å². The summed E-state index contributed by atoms with van der Waals surface area (Å²) >= 11 is 1.19. The van der Waals surface area contributed by atoms with E-state index in [0.717, 1.165) is 25.2 Å². The van der Waals surface area contributed by atoms with Crippen LogP contribution in [0.15, 0.2) is 30.3 Å². The summed E-state index contributed by atoms with van der Waals surface area (Å²) < 4.78 is 4.29. The molecule has 2 heterocycles. The average molecular weight is 345 g/mol. The highest BCUT2D eigenvalue weighted by Gasteiger charge is 2.16. The molecule has 1 aromatic carbocycles. The third-order valence-electron chi connectivity index (χ3n) is 4.04. The van der Waals surface area contributed by atoms with Crippen molar-refractivity contribution < 1.29 is 4.79 Å². The minimum absolute atomic E-state index is 0.101. The fourth-order valence-electron chi connectivity index (χ4n) is 2.91. The van der Waals surface area contributed by atoms with Crippen molar-refractivity contribution in [3.05, 3.63) is 30.3 Å². The van der Waals surface area contributed by atoms with Gasteiger partial charge in [0, 0.05) is 29.7 Å². The monoisotopic (exact) mass is 345 g/mol. The molecule has 6 nitrogen and oxygen atoms in total. The molecule has 1 fully saturated rings. The molecule has 0 spiro atoms. The number of benzene rings is 1. The molecule has 7 heteroatoms. The molecule has 0 bridgehead atoms. The molecule has 128 valence electrons. The maximum atomic E-state index is 12.1. The quantitative estimate of drug-likeness (QED) is 0.873. The summed E-state index contributed by atoms with van der Waals surface area (Å²) in [4.78, 5) is 18.9. The van der Waals surface area contributed by atoms with Crippen molar-refractivity contribution in [1.29, 1.82) is 0 Å². The number of amides is 2. The van der Waals surface area contributed by atoms with Gasteiger partial charge in [-0.3, -0.25) is 5.32 Å². The number of hydrogen-bond acceptors (Lipinski definition) is 5. The van der Waals surface area contributed by atoms with E-state index in [-0.39, 0.29) is 12.1 Å². The number of anilines is 1. The van der Waals surface area contributed by atoms with Crippen LogP contribution in [-0.4, -0.2) is 46.0 Å². The Morgan fingerprint density at radius 1 is 1.25 bits per heavy atom. The first kappa shape index (κ1) is 16.9. The summed E-state index contributed by atoms with van der Waals surface area (Å²) in [6.45, 7) is 5.18. The second-order valence-electron chi connectivity index (χ2n) is 6.15. The zero-order valence-corrected chi connectivity index (χ0v) is 14.7. The Hall–Kier alpha value is -1.99. The van der Waals surface area contributed by atoms with E-state index in [9.17, 15) is 4.79 Å². The summed E-state index contributed by atoms with van der Waals surface area (Å²) in [6.07, 6.45) is 3.83. The molecule has 2 N–H and O–H groups in total. The van der Waals surface area contributed by atoms with Crippen LogP contribution < -0.4 is 10.6 Å². The third-order valence-corrected chi connectivity index (χ3v) is 4.67. The maximum absolute atomic E-state index is 12.1. The first-order chi connectivity index (χ1) is 11.7. The second kappa shape index (κ2) is 8.21.